The number of hydrogen-bond donors (Lipinski definition) is 4. The highest BCUT2D eigenvalue weighted by molar-refractivity contribution is 7.89. The molecule has 7 nitrogen and oxygen atoms in total. The van der Waals surface area contributed by atoms with Crippen molar-refractivity contribution in [3.8, 4) is 5.75 Å². The molecule has 0 spiro atoms. The second-order valence-corrected chi connectivity index (χ2v) is 6.07. The third-order valence-corrected chi connectivity index (χ3v) is 4.36. The third-order valence-electron chi connectivity index (χ3n) is 2.87. The number of nitrogen functional groups attached to an aromatic ring is 1. The second kappa shape index (κ2) is 6.53. The van der Waals surface area contributed by atoms with E-state index in [4.69, 9.17) is 5.84 Å². The number of hydrogen-bond acceptors (Lipinski definition) is 6. The van der Waals surface area contributed by atoms with Gasteiger partial charge in [-0.25, -0.2) is 13.1 Å². The van der Waals surface area contributed by atoms with Crippen molar-refractivity contribution in [2.75, 3.05) is 12.0 Å². The van der Waals surface area contributed by atoms with E-state index in [0.29, 0.717) is 6.42 Å². The number of anilines is 1. The van der Waals surface area contributed by atoms with Gasteiger partial charge < -0.3 is 10.5 Å². The van der Waals surface area contributed by atoms with Gasteiger partial charge in [0.2, 0.25) is 10.0 Å². The van der Waals surface area contributed by atoms with Gasteiger partial charge in [-0.05, 0) is 30.2 Å². The molecule has 0 saturated carbocycles. The van der Waals surface area contributed by atoms with Crippen molar-refractivity contribution in [2.24, 2.45) is 5.84 Å². The standard InChI is InChI=1S/C13H16N4O3S/c14-17-12-6-7-15-9-13(12)21(19,20)16-8-5-10-1-3-11(18)4-2-10/h1-4,6-7,9,16,18H,5,8,14H2,(H,15,17). The predicted octanol–water partition coefficient (Wildman–Crippen LogP) is 0.594. The first-order valence-electron chi connectivity index (χ1n) is 6.21. The third kappa shape index (κ3) is 3.91. The minimum Gasteiger partial charge on any atom is -0.508 e. The van der Waals surface area contributed by atoms with Crippen molar-refractivity contribution in [1.82, 2.24) is 9.71 Å². The molecule has 21 heavy (non-hydrogen) atoms. The zero-order chi connectivity index (χ0) is 15.3. The molecule has 2 rings (SSSR count). The normalized spacial score (nSPS) is 11.3. The lowest BCUT2D eigenvalue weighted by molar-refractivity contribution is 0.475. The van der Waals surface area contributed by atoms with Crippen molar-refractivity contribution < 1.29 is 13.5 Å². The second-order valence-electron chi connectivity index (χ2n) is 4.33. The van der Waals surface area contributed by atoms with Crippen molar-refractivity contribution in [2.45, 2.75) is 11.3 Å². The number of aromatic hydroxyl groups is 1. The zero-order valence-electron chi connectivity index (χ0n) is 11.2. The smallest absolute Gasteiger partial charge is 0.244 e. The molecule has 0 radical (unpaired) electrons. The molecule has 0 saturated heterocycles. The minimum atomic E-state index is -3.69. The molecule has 0 amide bonds. The van der Waals surface area contributed by atoms with Crippen LogP contribution in [0.15, 0.2) is 47.6 Å². The lowest BCUT2D eigenvalue weighted by Gasteiger charge is -2.10. The molecule has 0 aliphatic rings. The summed E-state index contributed by atoms with van der Waals surface area (Å²) in [6, 6.07) is 8.07. The van der Waals surface area contributed by atoms with Crippen molar-refractivity contribution in [1.29, 1.82) is 0 Å². The number of sulfonamides is 1. The highest BCUT2D eigenvalue weighted by Gasteiger charge is 2.17. The Morgan fingerprint density at radius 3 is 2.57 bits per heavy atom. The van der Waals surface area contributed by atoms with Gasteiger partial charge in [0.15, 0.2) is 0 Å². The molecule has 112 valence electrons. The maximum absolute atomic E-state index is 12.2. The number of phenolic OH excluding ortho intramolecular Hbond substituents is 1. The van der Waals surface area contributed by atoms with Crippen molar-refractivity contribution in [3.63, 3.8) is 0 Å². The zero-order valence-corrected chi connectivity index (χ0v) is 12.0. The maximum atomic E-state index is 12.2. The van der Waals surface area contributed by atoms with Crippen LogP contribution in [0.25, 0.3) is 0 Å². The Kier molecular flexibility index (Phi) is 4.73. The van der Waals surface area contributed by atoms with Crippen LogP contribution < -0.4 is 16.0 Å². The molecule has 0 bridgehead atoms. The van der Waals surface area contributed by atoms with Gasteiger partial charge in [-0.1, -0.05) is 12.1 Å². The van der Waals surface area contributed by atoms with E-state index in [-0.39, 0.29) is 22.9 Å². The van der Waals surface area contributed by atoms with E-state index in [2.05, 4.69) is 15.1 Å². The molecule has 8 heteroatoms. The molecule has 0 aliphatic carbocycles. The Morgan fingerprint density at radius 1 is 1.19 bits per heavy atom. The fraction of sp³-hybridized carbons (Fsp3) is 0.154. The lowest BCUT2D eigenvalue weighted by atomic mass is 10.1. The number of nitrogens with one attached hydrogen (secondary N) is 2. The van der Waals surface area contributed by atoms with Crippen LogP contribution in [0.3, 0.4) is 0 Å². The van der Waals surface area contributed by atoms with Gasteiger partial charge in [0, 0.05) is 18.9 Å². The molecule has 0 aliphatic heterocycles. The number of rotatable bonds is 6. The van der Waals surface area contributed by atoms with Crippen LogP contribution in [-0.2, 0) is 16.4 Å². The Labute approximate surface area is 122 Å². The Morgan fingerprint density at radius 2 is 1.90 bits per heavy atom. The highest BCUT2D eigenvalue weighted by Crippen LogP contribution is 2.18. The van der Waals surface area contributed by atoms with E-state index in [0.717, 1.165) is 5.56 Å². The van der Waals surface area contributed by atoms with Gasteiger partial charge in [0.05, 0.1) is 5.69 Å². The van der Waals surface area contributed by atoms with Gasteiger partial charge in [-0.2, -0.15) is 0 Å². The first-order valence-corrected chi connectivity index (χ1v) is 7.69. The van der Waals surface area contributed by atoms with Crippen molar-refractivity contribution >= 4 is 15.7 Å². The topological polar surface area (TPSA) is 117 Å². The number of nitrogens with zero attached hydrogens (tertiary/aromatic N) is 1. The molecule has 1 aromatic carbocycles. The van der Waals surface area contributed by atoms with Crippen LogP contribution in [-0.4, -0.2) is 25.1 Å². The number of phenols is 1. The quantitative estimate of drug-likeness (QED) is 0.458. The molecular formula is C13H16N4O3S. The number of hydrazine groups is 1. The summed E-state index contributed by atoms with van der Waals surface area (Å²) in [7, 11) is -3.69. The van der Waals surface area contributed by atoms with Crippen molar-refractivity contribution in [3.05, 3.63) is 48.3 Å². The number of aromatic nitrogens is 1. The van der Waals surface area contributed by atoms with E-state index in [9.17, 15) is 13.5 Å². The summed E-state index contributed by atoms with van der Waals surface area (Å²) in [5.41, 5.74) is 3.52. The fourth-order valence-electron chi connectivity index (χ4n) is 1.78. The molecule has 1 heterocycles. The summed E-state index contributed by atoms with van der Waals surface area (Å²) in [6.45, 7) is 0.228. The van der Waals surface area contributed by atoms with Crippen LogP contribution >= 0.6 is 0 Å². The molecule has 1 aromatic heterocycles. The SMILES string of the molecule is NNc1ccncc1S(=O)(=O)NCCc1ccc(O)cc1. The Balaban J connectivity index is 2.03. The first kappa shape index (κ1) is 15.2. The maximum Gasteiger partial charge on any atom is 0.244 e. The summed E-state index contributed by atoms with van der Waals surface area (Å²) in [5.74, 6) is 5.46. The number of nitrogens with two attached hydrogens (primary N) is 1. The largest absolute Gasteiger partial charge is 0.508 e. The first-order chi connectivity index (χ1) is 10.0. The monoisotopic (exact) mass is 308 g/mol. The Hall–Kier alpha value is -2.16. The molecule has 0 fully saturated rings. The number of benzene rings is 1. The van der Waals surface area contributed by atoms with E-state index in [1.165, 1.54) is 18.5 Å². The number of pyridine rings is 1. The van der Waals surface area contributed by atoms with Crippen LogP contribution in [0.2, 0.25) is 0 Å². The van der Waals surface area contributed by atoms with Gasteiger partial charge in [0.1, 0.15) is 10.6 Å². The average Bonchev–Trinajstić information content (AvgIpc) is 2.49. The van der Waals surface area contributed by atoms with Gasteiger partial charge in [0.25, 0.3) is 0 Å². The lowest BCUT2D eigenvalue weighted by Crippen LogP contribution is -2.27. The highest BCUT2D eigenvalue weighted by atomic mass is 32.2. The fourth-order valence-corrected chi connectivity index (χ4v) is 2.93. The molecule has 0 unspecified atom stereocenters. The molecule has 2 aromatic rings. The summed E-state index contributed by atoms with van der Waals surface area (Å²) >= 11 is 0. The van der Waals surface area contributed by atoms with Crippen LogP contribution in [0, 0.1) is 0 Å². The summed E-state index contributed by atoms with van der Waals surface area (Å²) in [5, 5.41) is 9.18. The average molecular weight is 308 g/mol. The van der Waals surface area contributed by atoms with E-state index in [1.54, 1.807) is 24.3 Å². The molecule has 5 N–H and O–H groups in total. The molecule has 0 atom stereocenters. The van der Waals surface area contributed by atoms with Gasteiger partial charge in [-0.3, -0.25) is 10.8 Å². The molecular weight excluding hydrogens is 292 g/mol. The van der Waals surface area contributed by atoms with E-state index < -0.39 is 10.0 Å². The minimum absolute atomic E-state index is 0.00166. The van der Waals surface area contributed by atoms with Gasteiger partial charge >= 0.3 is 0 Å². The van der Waals surface area contributed by atoms with Crippen LogP contribution in [0.5, 0.6) is 5.75 Å². The summed E-state index contributed by atoms with van der Waals surface area (Å²) < 4.78 is 26.8. The summed E-state index contributed by atoms with van der Waals surface area (Å²) in [6.07, 6.45) is 3.19. The summed E-state index contributed by atoms with van der Waals surface area (Å²) in [4.78, 5) is 3.79. The van der Waals surface area contributed by atoms with Gasteiger partial charge in [-0.15, -0.1) is 0 Å². The predicted molar refractivity (Wildman–Crippen MR) is 79.0 cm³/mol. The van der Waals surface area contributed by atoms with E-state index >= 15 is 0 Å². The Bertz CT molecular complexity index is 702. The van der Waals surface area contributed by atoms with E-state index in [1.807, 2.05) is 0 Å². The van der Waals surface area contributed by atoms with Crippen LogP contribution in [0.4, 0.5) is 5.69 Å². The van der Waals surface area contributed by atoms with Crippen LogP contribution in [0.1, 0.15) is 5.56 Å².